The molecule has 0 saturated carbocycles. The lowest BCUT2D eigenvalue weighted by molar-refractivity contribution is -0.130. The van der Waals surface area contributed by atoms with Crippen molar-refractivity contribution in [2.24, 2.45) is 0 Å². The Hall–Kier alpha value is -4.27. The smallest absolute Gasteiger partial charge is 0.219 e. The number of likely N-dealkylation sites (tertiary alicyclic amines) is 1. The number of fused-ring (bicyclic) bond motifs is 2. The van der Waals surface area contributed by atoms with E-state index in [-0.39, 0.29) is 11.9 Å². The second kappa shape index (κ2) is 7.65. The van der Waals surface area contributed by atoms with E-state index in [0.717, 1.165) is 58.9 Å². The highest BCUT2D eigenvalue weighted by Gasteiger charge is 2.23. The van der Waals surface area contributed by atoms with Gasteiger partial charge in [-0.25, -0.2) is 4.98 Å². The molecule has 9 heteroatoms. The van der Waals surface area contributed by atoms with E-state index in [1.807, 2.05) is 52.4 Å². The number of nitrogens with two attached hydrogens (primary N) is 2. The van der Waals surface area contributed by atoms with E-state index < -0.39 is 0 Å². The summed E-state index contributed by atoms with van der Waals surface area (Å²) in [6.45, 7) is 3.13. The number of rotatable bonds is 3. The molecular formula is C25H25N7O2. The van der Waals surface area contributed by atoms with Crippen LogP contribution in [0.25, 0.3) is 44.3 Å². The van der Waals surface area contributed by atoms with Crippen LogP contribution < -0.4 is 11.5 Å². The van der Waals surface area contributed by atoms with Crippen molar-refractivity contribution in [1.82, 2.24) is 24.6 Å². The number of pyridine rings is 1. The number of benzene rings is 1. The SMILES string of the molecule is CC(=O)N1CCC(n2cc(-c3cnc(N)c4oc(-c5c[nH]c6cc(N)ccc56)cc34)cn2)CC1. The number of anilines is 2. The number of H-pyrrole nitrogens is 1. The largest absolute Gasteiger partial charge is 0.452 e. The van der Waals surface area contributed by atoms with E-state index in [2.05, 4.69) is 15.1 Å². The fourth-order valence-corrected chi connectivity index (χ4v) is 4.88. The van der Waals surface area contributed by atoms with E-state index in [4.69, 9.17) is 15.9 Å². The van der Waals surface area contributed by atoms with Crippen molar-refractivity contribution in [2.75, 3.05) is 24.6 Å². The fraction of sp³-hybridized carbons (Fsp3) is 0.240. The Morgan fingerprint density at radius 3 is 2.74 bits per heavy atom. The zero-order chi connectivity index (χ0) is 23.4. The first-order valence-electron chi connectivity index (χ1n) is 11.3. The number of nitrogen functional groups attached to an aromatic ring is 2. The molecule has 1 aliphatic heterocycles. The summed E-state index contributed by atoms with van der Waals surface area (Å²) in [5.74, 6) is 1.18. The van der Waals surface area contributed by atoms with E-state index in [1.54, 1.807) is 13.1 Å². The number of carbonyl (C=O) groups excluding carboxylic acids is 1. The minimum absolute atomic E-state index is 0.129. The van der Waals surface area contributed by atoms with Gasteiger partial charge in [-0.05, 0) is 31.0 Å². The number of nitrogens with zero attached hydrogens (tertiary/aromatic N) is 4. The number of aromatic nitrogens is 4. The van der Waals surface area contributed by atoms with E-state index in [1.165, 1.54) is 0 Å². The van der Waals surface area contributed by atoms with Gasteiger partial charge < -0.3 is 25.8 Å². The van der Waals surface area contributed by atoms with Crippen molar-refractivity contribution in [2.45, 2.75) is 25.8 Å². The van der Waals surface area contributed by atoms with E-state index >= 15 is 0 Å². The van der Waals surface area contributed by atoms with Crippen LogP contribution in [0, 0.1) is 0 Å². The van der Waals surface area contributed by atoms with Gasteiger partial charge in [0.25, 0.3) is 0 Å². The maximum absolute atomic E-state index is 11.6. The molecule has 0 bridgehead atoms. The van der Waals surface area contributed by atoms with Crippen LogP contribution in [0.5, 0.6) is 0 Å². The summed E-state index contributed by atoms with van der Waals surface area (Å²) in [6.07, 6.45) is 9.35. The number of nitrogens with one attached hydrogen (secondary N) is 1. The average molecular weight is 456 g/mol. The fourth-order valence-electron chi connectivity index (χ4n) is 4.88. The second-order valence-corrected chi connectivity index (χ2v) is 8.86. The van der Waals surface area contributed by atoms with Crippen LogP contribution in [0.2, 0.25) is 0 Å². The number of hydrogen-bond donors (Lipinski definition) is 3. The highest BCUT2D eigenvalue weighted by atomic mass is 16.3. The molecule has 172 valence electrons. The highest BCUT2D eigenvalue weighted by Crippen LogP contribution is 2.39. The molecule has 6 rings (SSSR count). The molecule has 0 unspecified atom stereocenters. The van der Waals surface area contributed by atoms with Crippen molar-refractivity contribution in [1.29, 1.82) is 0 Å². The average Bonchev–Trinajstić information content (AvgIpc) is 3.57. The van der Waals surface area contributed by atoms with Crippen molar-refractivity contribution in [3.63, 3.8) is 0 Å². The standard InChI is InChI=1S/C25H25N7O2/c1-14(33)31-6-4-17(5-7-31)32-13-15(10-30-32)20-11-29-25(27)24-19(20)9-23(34-24)21-12-28-22-8-16(26)2-3-18(21)22/h2-3,8-13,17,28H,4-7,26H2,1H3,(H2,27,29). The minimum Gasteiger partial charge on any atom is -0.452 e. The van der Waals surface area contributed by atoms with Gasteiger partial charge >= 0.3 is 0 Å². The van der Waals surface area contributed by atoms with Crippen LogP contribution in [0.15, 0.2) is 53.5 Å². The molecule has 1 saturated heterocycles. The molecule has 1 fully saturated rings. The Labute approximate surface area is 195 Å². The van der Waals surface area contributed by atoms with Crippen LogP contribution in [0.3, 0.4) is 0 Å². The summed E-state index contributed by atoms with van der Waals surface area (Å²) in [6, 6.07) is 8.02. The zero-order valence-electron chi connectivity index (χ0n) is 18.8. The van der Waals surface area contributed by atoms with Crippen molar-refractivity contribution < 1.29 is 9.21 Å². The number of amides is 1. The highest BCUT2D eigenvalue weighted by molar-refractivity contribution is 6.03. The van der Waals surface area contributed by atoms with Crippen LogP contribution in [0.1, 0.15) is 25.8 Å². The Balaban J connectivity index is 1.37. The molecular weight excluding hydrogens is 430 g/mol. The summed E-state index contributed by atoms with van der Waals surface area (Å²) in [5, 5.41) is 6.53. The molecule has 0 spiro atoms. The third kappa shape index (κ3) is 3.28. The summed E-state index contributed by atoms with van der Waals surface area (Å²) >= 11 is 0. The van der Waals surface area contributed by atoms with Gasteiger partial charge in [-0.15, -0.1) is 0 Å². The molecule has 1 aliphatic rings. The van der Waals surface area contributed by atoms with Gasteiger partial charge in [-0.3, -0.25) is 9.48 Å². The summed E-state index contributed by atoms with van der Waals surface area (Å²) < 4.78 is 8.20. The maximum Gasteiger partial charge on any atom is 0.219 e. The summed E-state index contributed by atoms with van der Waals surface area (Å²) in [4.78, 5) is 21.2. The second-order valence-electron chi connectivity index (χ2n) is 8.86. The summed E-state index contributed by atoms with van der Waals surface area (Å²) in [7, 11) is 0. The van der Waals surface area contributed by atoms with Gasteiger partial charge in [0.2, 0.25) is 5.91 Å². The molecule has 1 aromatic carbocycles. The predicted octanol–water partition coefficient (Wildman–Crippen LogP) is 4.19. The number of piperidine rings is 1. The third-order valence-electron chi connectivity index (χ3n) is 6.76. The van der Waals surface area contributed by atoms with Gasteiger partial charge in [-0.1, -0.05) is 6.07 Å². The van der Waals surface area contributed by atoms with Gasteiger partial charge in [0.05, 0.1) is 12.2 Å². The lowest BCUT2D eigenvalue weighted by Crippen LogP contribution is -2.37. The number of carbonyl (C=O) groups is 1. The number of furan rings is 1. The maximum atomic E-state index is 11.6. The Bertz CT molecular complexity index is 1540. The molecule has 1 amide bonds. The predicted molar refractivity (Wildman–Crippen MR) is 132 cm³/mol. The quantitative estimate of drug-likeness (QED) is 0.350. The minimum atomic E-state index is 0.129. The van der Waals surface area contributed by atoms with Gasteiger partial charge in [0.1, 0.15) is 5.76 Å². The van der Waals surface area contributed by atoms with Crippen molar-refractivity contribution in [3.8, 4) is 22.5 Å². The monoisotopic (exact) mass is 455 g/mol. The molecule has 5 heterocycles. The normalized spacial score (nSPS) is 14.9. The van der Waals surface area contributed by atoms with Crippen LogP contribution in [-0.2, 0) is 4.79 Å². The van der Waals surface area contributed by atoms with Crippen LogP contribution >= 0.6 is 0 Å². The van der Waals surface area contributed by atoms with Gasteiger partial charge in [0.15, 0.2) is 11.4 Å². The van der Waals surface area contributed by atoms with Crippen LogP contribution in [0.4, 0.5) is 11.5 Å². The molecule has 0 atom stereocenters. The number of hydrogen-bond acceptors (Lipinski definition) is 6. The number of aromatic amines is 1. The van der Waals surface area contributed by atoms with Crippen molar-refractivity contribution >= 4 is 39.3 Å². The molecule has 9 nitrogen and oxygen atoms in total. The first kappa shape index (κ1) is 20.3. The lowest BCUT2D eigenvalue weighted by atomic mass is 10.0. The molecule has 34 heavy (non-hydrogen) atoms. The Kier molecular flexibility index (Phi) is 4.58. The first-order chi connectivity index (χ1) is 16.5. The van der Waals surface area contributed by atoms with Gasteiger partial charge in [0, 0.05) is 77.3 Å². The van der Waals surface area contributed by atoms with Gasteiger partial charge in [-0.2, -0.15) is 5.10 Å². The topological polar surface area (TPSA) is 132 Å². The molecule has 4 aromatic heterocycles. The molecule has 0 aliphatic carbocycles. The van der Waals surface area contributed by atoms with Crippen molar-refractivity contribution in [3.05, 3.63) is 49.1 Å². The van der Waals surface area contributed by atoms with E-state index in [0.29, 0.717) is 22.8 Å². The lowest BCUT2D eigenvalue weighted by Gasteiger charge is -2.31. The van der Waals surface area contributed by atoms with Crippen LogP contribution in [-0.4, -0.2) is 43.6 Å². The first-order valence-corrected chi connectivity index (χ1v) is 11.3. The molecule has 5 aromatic rings. The Morgan fingerprint density at radius 1 is 1.12 bits per heavy atom. The molecule has 5 N–H and O–H groups in total. The summed E-state index contributed by atoms with van der Waals surface area (Å²) in [5.41, 5.74) is 17.1. The molecule has 0 radical (unpaired) electrons. The van der Waals surface area contributed by atoms with E-state index in [9.17, 15) is 4.79 Å². The Morgan fingerprint density at radius 2 is 1.94 bits per heavy atom. The zero-order valence-corrected chi connectivity index (χ0v) is 18.8. The third-order valence-corrected chi connectivity index (χ3v) is 6.76.